The van der Waals surface area contributed by atoms with Gasteiger partial charge in [0, 0.05) is 17.6 Å². The maximum atomic E-state index is 12.1. The fourth-order valence-corrected chi connectivity index (χ4v) is 2.52. The van der Waals surface area contributed by atoms with Crippen LogP contribution in [-0.4, -0.2) is 37.1 Å². The molecule has 1 aromatic rings. The molecule has 0 saturated carbocycles. The number of hydrogen-bond acceptors (Lipinski definition) is 3. The van der Waals surface area contributed by atoms with Crippen molar-refractivity contribution < 1.29 is 9.53 Å². The van der Waals surface area contributed by atoms with E-state index in [-0.39, 0.29) is 18.0 Å². The van der Waals surface area contributed by atoms with Crippen LogP contribution >= 0.6 is 15.9 Å². The number of esters is 1. The van der Waals surface area contributed by atoms with Gasteiger partial charge in [-0.05, 0) is 44.5 Å². The number of hydrogen-bond donors (Lipinski definition) is 0. The van der Waals surface area contributed by atoms with Gasteiger partial charge < -0.3 is 9.64 Å². The van der Waals surface area contributed by atoms with Crippen molar-refractivity contribution in [1.82, 2.24) is 4.90 Å². The highest BCUT2D eigenvalue weighted by Crippen LogP contribution is 2.22. The van der Waals surface area contributed by atoms with Crippen molar-refractivity contribution in [2.75, 3.05) is 20.1 Å². The van der Waals surface area contributed by atoms with Gasteiger partial charge in [-0.3, -0.25) is 4.79 Å². The topological polar surface area (TPSA) is 29.5 Å². The van der Waals surface area contributed by atoms with Gasteiger partial charge in [0.1, 0.15) is 6.10 Å². The van der Waals surface area contributed by atoms with Crippen molar-refractivity contribution in [1.29, 1.82) is 0 Å². The van der Waals surface area contributed by atoms with Crippen LogP contribution < -0.4 is 0 Å². The van der Waals surface area contributed by atoms with Gasteiger partial charge >= 0.3 is 5.97 Å². The smallest absolute Gasteiger partial charge is 0.313 e. The molecule has 1 aliphatic heterocycles. The average molecular weight is 326 g/mol. The SMILES string of the molecule is CC(C(=O)OC1CCN(C)CC1)c1ccc(Br)cc1. The number of carbonyl (C=O) groups is 1. The molecule has 1 heterocycles. The number of rotatable bonds is 3. The van der Waals surface area contributed by atoms with Gasteiger partial charge in [0.05, 0.1) is 5.92 Å². The van der Waals surface area contributed by atoms with E-state index >= 15 is 0 Å². The second-order valence-corrected chi connectivity index (χ2v) is 6.13. The third-order valence-corrected chi connectivity index (χ3v) is 4.20. The normalized spacial score (nSPS) is 19.1. The number of likely N-dealkylation sites (tertiary alicyclic amines) is 1. The summed E-state index contributed by atoms with van der Waals surface area (Å²) in [7, 11) is 2.10. The van der Waals surface area contributed by atoms with Gasteiger partial charge in [0.15, 0.2) is 0 Å². The zero-order valence-corrected chi connectivity index (χ0v) is 13.0. The minimum atomic E-state index is -0.201. The van der Waals surface area contributed by atoms with Gasteiger partial charge in [-0.2, -0.15) is 0 Å². The lowest BCUT2D eigenvalue weighted by molar-refractivity contribution is -0.152. The van der Waals surface area contributed by atoms with Crippen LogP contribution in [0.5, 0.6) is 0 Å². The molecule has 1 aromatic carbocycles. The summed E-state index contributed by atoms with van der Waals surface area (Å²) in [4.78, 5) is 14.4. The number of ether oxygens (including phenoxy) is 1. The average Bonchev–Trinajstić information content (AvgIpc) is 2.41. The van der Waals surface area contributed by atoms with Crippen molar-refractivity contribution in [2.24, 2.45) is 0 Å². The molecule has 1 unspecified atom stereocenters. The molecule has 3 nitrogen and oxygen atoms in total. The molecule has 0 aromatic heterocycles. The van der Waals surface area contributed by atoms with E-state index in [0.29, 0.717) is 0 Å². The summed E-state index contributed by atoms with van der Waals surface area (Å²) in [6, 6.07) is 7.83. The third kappa shape index (κ3) is 4.05. The van der Waals surface area contributed by atoms with Crippen molar-refractivity contribution in [3.63, 3.8) is 0 Å². The molecule has 1 aliphatic rings. The lowest BCUT2D eigenvalue weighted by Crippen LogP contribution is -2.35. The quantitative estimate of drug-likeness (QED) is 0.799. The Morgan fingerprint density at radius 1 is 1.32 bits per heavy atom. The summed E-state index contributed by atoms with van der Waals surface area (Å²) in [5, 5.41) is 0. The maximum Gasteiger partial charge on any atom is 0.313 e. The number of nitrogens with zero attached hydrogens (tertiary/aromatic N) is 1. The van der Waals surface area contributed by atoms with Gasteiger partial charge in [-0.25, -0.2) is 0 Å². The van der Waals surface area contributed by atoms with Crippen molar-refractivity contribution >= 4 is 21.9 Å². The highest BCUT2D eigenvalue weighted by Gasteiger charge is 2.24. The fourth-order valence-electron chi connectivity index (χ4n) is 2.26. The monoisotopic (exact) mass is 325 g/mol. The summed E-state index contributed by atoms with van der Waals surface area (Å²) in [5.41, 5.74) is 1.00. The third-order valence-electron chi connectivity index (χ3n) is 3.67. The lowest BCUT2D eigenvalue weighted by Gasteiger charge is -2.29. The minimum absolute atomic E-state index is 0.0848. The van der Waals surface area contributed by atoms with E-state index < -0.39 is 0 Å². The van der Waals surface area contributed by atoms with Gasteiger partial charge in [0.2, 0.25) is 0 Å². The summed E-state index contributed by atoms with van der Waals surface area (Å²) >= 11 is 3.40. The standard InChI is InChI=1S/C15H20BrNO2/c1-11(12-3-5-13(16)6-4-12)15(18)19-14-7-9-17(2)10-8-14/h3-6,11,14H,7-10H2,1-2H3. The summed E-state index contributed by atoms with van der Waals surface area (Å²) in [6.07, 6.45) is 1.96. The predicted octanol–water partition coefficient (Wildman–Crippen LogP) is 3.19. The van der Waals surface area contributed by atoms with Crippen LogP contribution in [0.4, 0.5) is 0 Å². The van der Waals surface area contributed by atoms with Crippen LogP contribution in [0, 0.1) is 0 Å². The van der Waals surface area contributed by atoms with E-state index in [2.05, 4.69) is 27.9 Å². The van der Waals surface area contributed by atoms with Gasteiger partial charge in [-0.1, -0.05) is 28.1 Å². The molecule has 2 rings (SSSR count). The second-order valence-electron chi connectivity index (χ2n) is 5.21. The van der Waals surface area contributed by atoms with Crippen LogP contribution in [0.15, 0.2) is 28.7 Å². The molecule has 0 amide bonds. The van der Waals surface area contributed by atoms with E-state index in [1.165, 1.54) is 0 Å². The molecule has 4 heteroatoms. The summed E-state index contributed by atoms with van der Waals surface area (Å²) in [5.74, 6) is -0.315. The first-order valence-electron chi connectivity index (χ1n) is 6.71. The first-order valence-corrected chi connectivity index (χ1v) is 7.50. The fraction of sp³-hybridized carbons (Fsp3) is 0.533. The molecule has 0 aliphatic carbocycles. The molecular formula is C15H20BrNO2. The summed E-state index contributed by atoms with van der Waals surface area (Å²) in [6.45, 7) is 3.91. The Morgan fingerprint density at radius 2 is 1.89 bits per heavy atom. The first-order chi connectivity index (χ1) is 9.06. The second kappa shape index (κ2) is 6.53. The molecule has 1 fully saturated rings. The van der Waals surface area contributed by atoms with E-state index in [4.69, 9.17) is 4.74 Å². The molecule has 1 saturated heterocycles. The number of halogens is 1. The zero-order chi connectivity index (χ0) is 13.8. The van der Waals surface area contributed by atoms with Crippen LogP contribution in [0.2, 0.25) is 0 Å². The maximum absolute atomic E-state index is 12.1. The van der Waals surface area contributed by atoms with Crippen molar-refractivity contribution in [2.45, 2.75) is 31.8 Å². The largest absolute Gasteiger partial charge is 0.462 e. The Kier molecular flexibility index (Phi) is 4.99. The lowest BCUT2D eigenvalue weighted by atomic mass is 10.0. The zero-order valence-electron chi connectivity index (χ0n) is 11.4. The molecule has 1 atom stereocenters. The highest BCUT2D eigenvalue weighted by atomic mass is 79.9. The van der Waals surface area contributed by atoms with Crippen LogP contribution in [-0.2, 0) is 9.53 Å². The van der Waals surface area contributed by atoms with Gasteiger partial charge in [0.25, 0.3) is 0 Å². The van der Waals surface area contributed by atoms with E-state index in [1.807, 2.05) is 31.2 Å². The van der Waals surface area contributed by atoms with Crippen molar-refractivity contribution in [3.05, 3.63) is 34.3 Å². The van der Waals surface area contributed by atoms with Crippen LogP contribution in [0.3, 0.4) is 0 Å². The Labute approximate surface area is 123 Å². The molecule has 0 radical (unpaired) electrons. The first kappa shape index (κ1) is 14.5. The predicted molar refractivity (Wildman–Crippen MR) is 79.2 cm³/mol. The Morgan fingerprint density at radius 3 is 2.47 bits per heavy atom. The molecule has 0 spiro atoms. The highest BCUT2D eigenvalue weighted by molar-refractivity contribution is 9.10. The Hall–Kier alpha value is -0.870. The van der Waals surface area contributed by atoms with Gasteiger partial charge in [-0.15, -0.1) is 0 Å². The summed E-state index contributed by atoms with van der Waals surface area (Å²) < 4.78 is 6.63. The minimum Gasteiger partial charge on any atom is -0.462 e. The molecule has 0 bridgehead atoms. The number of piperidine rings is 1. The molecule has 19 heavy (non-hydrogen) atoms. The molecular weight excluding hydrogens is 306 g/mol. The molecule has 104 valence electrons. The van der Waals surface area contributed by atoms with Crippen molar-refractivity contribution in [3.8, 4) is 0 Å². The van der Waals surface area contributed by atoms with Crippen LogP contribution in [0.1, 0.15) is 31.2 Å². The number of benzene rings is 1. The number of carbonyl (C=O) groups excluding carboxylic acids is 1. The van der Waals surface area contributed by atoms with E-state index in [0.717, 1.165) is 36.0 Å². The van der Waals surface area contributed by atoms with E-state index in [9.17, 15) is 4.79 Å². The Balaban J connectivity index is 1.90. The Bertz CT molecular complexity index is 424. The van der Waals surface area contributed by atoms with Crippen LogP contribution in [0.25, 0.3) is 0 Å². The van der Waals surface area contributed by atoms with E-state index in [1.54, 1.807) is 0 Å². The molecule has 0 N–H and O–H groups in total.